The van der Waals surface area contributed by atoms with Gasteiger partial charge in [0.2, 0.25) is 0 Å². The zero-order valence-electron chi connectivity index (χ0n) is 15.8. The molecule has 3 heteroatoms. The molecule has 2 heterocycles. The van der Waals surface area contributed by atoms with Gasteiger partial charge in [-0.2, -0.15) is 0 Å². The minimum atomic E-state index is -1.41. The van der Waals surface area contributed by atoms with Crippen molar-refractivity contribution in [1.82, 2.24) is 4.98 Å². The van der Waals surface area contributed by atoms with E-state index in [1.54, 1.807) is 12.1 Å². The fourth-order valence-electron chi connectivity index (χ4n) is 4.46. The highest BCUT2D eigenvalue weighted by Crippen LogP contribution is 2.52. The SMILES string of the molecule is CC(C)(C)[Si]1(Cc2ccccn2)CCC(CCc2ccc(F)cc2)C1. The Balaban J connectivity index is 1.66. The molecule has 1 aromatic carbocycles. The van der Waals surface area contributed by atoms with Crippen molar-refractivity contribution in [2.45, 2.75) is 63.2 Å². The highest BCUT2D eigenvalue weighted by Gasteiger charge is 2.49. The number of aryl methyl sites for hydroxylation is 1. The topological polar surface area (TPSA) is 12.9 Å². The fourth-order valence-corrected chi connectivity index (χ4v) is 10.3. The van der Waals surface area contributed by atoms with Gasteiger partial charge in [-0.3, -0.25) is 4.98 Å². The maximum Gasteiger partial charge on any atom is 0.123 e. The van der Waals surface area contributed by atoms with Crippen LogP contribution in [0.1, 0.15) is 44.9 Å². The first-order valence-electron chi connectivity index (χ1n) is 9.52. The van der Waals surface area contributed by atoms with Crippen LogP contribution in [0.25, 0.3) is 0 Å². The largest absolute Gasteiger partial charge is 0.262 e. The van der Waals surface area contributed by atoms with Crippen LogP contribution >= 0.6 is 0 Å². The van der Waals surface area contributed by atoms with Crippen molar-refractivity contribution in [2.24, 2.45) is 5.92 Å². The lowest BCUT2D eigenvalue weighted by Crippen LogP contribution is -2.44. The predicted molar refractivity (Wildman–Crippen MR) is 106 cm³/mol. The maximum atomic E-state index is 13.1. The van der Waals surface area contributed by atoms with E-state index in [0.29, 0.717) is 5.04 Å². The smallest absolute Gasteiger partial charge is 0.123 e. The number of nitrogens with zero attached hydrogens (tertiary/aromatic N) is 1. The van der Waals surface area contributed by atoms with Crippen molar-refractivity contribution in [3.63, 3.8) is 0 Å². The molecule has 1 aliphatic rings. The summed E-state index contributed by atoms with van der Waals surface area (Å²) in [5, 5.41) is 0.412. The maximum absolute atomic E-state index is 13.1. The third-order valence-corrected chi connectivity index (χ3v) is 13.1. The Labute approximate surface area is 152 Å². The molecule has 0 saturated carbocycles. The molecule has 3 rings (SSSR count). The standard InChI is InChI=1S/C22H30FNSi/c1-22(2,3)25(17-21-6-4-5-14-24-21)15-13-19(16-25)8-7-18-9-11-20(23)12-10-18/h4-6,9-12,14,19H,7-8,13,15-17H2,1-3H3. The van der Waals surface area contributed by atoms with E-state index in [1.165, 1.54) is 42.2 Å². The van der Waals surface area contributed by atoms with Gasteiger partial charge >= 0.3 is 0 Å². The normalized spacial score (nSPS) is 23.8. The van der Waals surface area contributed by atoms with E-state index in [-0.39, 0.29) is 5.82 Å². The summed E-state index contributed by atoms with van der Waals surface area (Å²) < 4.78 is 13.1. The summed E-state index contributed by atoms with van der Waals surface area (Å²) in [4.78, 5) is 4.63. The van der Waals surface area contributed by atoms with Crippen molar-refractivity contribution in [3.8, 4) is 0 Å². The molecule has 2 unspecified atom stereocenters. The van der Waals surface area contributed by atoms with E-state index in [1.807, 2.05) is 24.4 Å². The van der Waals surface area contributed by atoms with Crippen LogP contribution < -0.4 is 0 Å². The van der Waals surface area contributed by atoms with E-state index >= 15 is 0 Å². The zero-order valence-corrected chi connectivity index (χ0v) is 16.8. The van der Waals surface area contributed by atoms with Crippen LogP contribution in [-0.4, -0.2) is 13.1 Å². The molecule has 1 nitrogen and oxygen atoms in total. The van der Waals surface area contributed by atoms with E-state index in [4.69, 9.17) is 0 Å². The van der Waals surface area contributed by atoms with E-state index in [9.17, 15) is 4.39 Å². The molecule has 134 valence electrons. The third-order valence-electron chi connectivity index (χ3n) is 6.30. The van der Waals surface area contributed by atoms with Crippen molar-refractivity contribution in [3.05, 3.63) is 65.7 Å². The molecule has 2 aromatic rings. The molecule has 1 saturated heterocycles. The monoisotopic (exact) mass is 355 g/mol. The van der Waals surface area contributed by atoms with Crippen molar-refractivity contribution >= 4 is 8.07 Å². The molecule has 0 radical (unpaired) electrons. The molecule has 0 spiro atoms. The van der Waals surface area contributed by atoms with Gasteiger partial charge in [-0.05, 0) is 59.7 Å². The van der Waals surface area contributed by atoms with Gasteiger partial charge in [-0.1, -0.05) is 57.5 Å². The molecule has 1 aliphatic heterocycles. The van der Waals surface area contributed by atoms with Gasteiger partial charge < -0.3 is 0 Å². The predicted octanol–water partition coefficient (Wildman–Crippen LogP) is 6.20. The molecular formula is C22H30FNSi. The highest BCUT2D eigenvalue weighted by atomic mass is 28.3. The Hall–Kier alpha value is -1.48. The van der Waals surface area contributed by atoms with Crippen LogP contribution in [0.15, 0.2) is 48.7 Å². The summed E-state index contributed by atoms with van der Waals surface area (Å²) in [7, 11) is -1.41. The van der Waals surface area contributed by atoms with Gasteiger partial charge in [0.25, 0.3) is 0 Å². The van der Waals surface area contributed by atoms with Gasteiger partial charge in [0.15, 0.2) is 0 Å². The van der Waals surface area contributed by atoms with Crippen LogP contribution in [-0.2, 0) is 12.5 Å². The number of pyridine rings is 1. The molecule has 0 N–H and O–H groups in total. The molecule has 2 atom stereocenters. The molecule has 1 fully saturated rings. The average molecular weight is 356 g/mol. The minimum absolute atomic E-state index is 0.140. The van der Waals surface area contributed by atoms with Crippen LogP contribution in [0.2, 0.25) is 17.1 Å². The lowest BCUT2D eigenvalue weighted by molar-refractivity contribution is 0.535. The summed E-state index contributed by atoms with van der Waals surface area (Å²) in [6.07, 6.45) is 5.60. The van der Waals surface area contributed by atoms with E-state index in [2.05, 4.69) is 37.9 Å². The number of hydrogen-bond donors (Lipinski definition) is 0. The van der Waals surface area contributed by atoms with Crippen molar-refractivity contribution in [1.29, 1.82) is 0 Å². The van der Waals surface area contributed by atoms with Crippen molar-refractivity contribution in [2.75, 3.05) is 0 Å². The fraction of sp³-hybridized carbons (Fsp3) is 0.500. The van der Waals surface area contributed by atoms with E-state index in [0.717, 1.165) is 12.3 Å². The first-order valence-corrected chi connectivity index (χ1v) is 12.1. The van der Waals surface area contributed by atoms with Crippen LogP contribution in [0, 0.1) is 11.7 Å². The van der Waals surface area contributed by atoms with Gasteiger partial charge in [0.1, 0.15) is 5.82 Å². The summed E-state index contributed by atoms with van der Waals surface area (Å²) in [5.74, 6) is 0.679. The molecule has 25 heavy (non-hydrogen) atoms. The lowest BCUT2D eigenvalue weighted by Gasteiger charge is -2.40. The molecular weight excluding hydrogens is 325 g/mol. The van der Waals surface area contributed by atoms with Crippen LogP contribution in [0.5, 0.6) is 0 Å². The second-order valence-corrected chi connectivity index (χ2v) is 14.1. The number of hydrogen-bond acceptors (Lipinski definition) is 1. The van der Waals surface area contributed by atoms with Crippen molar-refractivity contribution < 1.29 is 4.39 Å². The van der Waals surface area contributed by atoms with Gasteiger partial charge in [-0.15, -0.1) is 0 Å². The number of rotatable bonds is 5. The average Bonchev–Trinajstić information content (AvgIpc) is 3.00. The Morgan fingerprint density at radius 1 is 1.12 bits per heavy atom. The number of aromatic nitrogens is 1. The van der Waals surface area contributed by atoms with Gasteiger partial charge in [0.05, 0.1) is 8.07 Å². The van der Waals surface area contributed by atoms with Gasteiger partial charge in [0, 0.05) is 11.9 Å². The molecule has 0 amide bonds. The second-order valence-electron chi connectivity index (χ2n) is 8.80. The minimum Gasteiger partial charge on any atom is -0.262 e. The lowest BCUT2D eigenvalue weighted by atomic mass is 9.99. The second kappa shape index (κ2) is 7.41. The van der Waals surface area contributed by atoms with E-state index < -0.39 is 8.07 Å². The van der Waals surface area contributed by atoms with Crippen LogP contribution in [0.4, 0.5) is 4.39 Å². The van der Waals surface area contributed by atoms with Crippen LogP contribution in [0.3, 0.4) is 0 Å². The third kappa shape index (κ3) is 4.38. The molecule has 1 aromatic heterocycles. The zero-order chi connectivity index (χ0) is 17.9. The Morgan fingerprint density at radius 3 is 2.52 bits per heavy atom. The summed E-state index contributed by atoms with van der Waals surface area (Å²) in [6.45, 7) is 7.35. The summed E-state index contributed by atoms with van der Waals surface area (Å²) >= 11 is 0. The number of benzene rings is 1. The summed E-state index contributed by atoms with van der Waals surface area (Å²) in [6, 6.07) is 17.4. The van der Waals surface area contributed by atoms with Gasteiger partial charge in [-0.25, -0.2) is 4.39 Å². The Morgan fingerprint density at radius 2 is 1.88 bits per heavy atom. The Bertz CT molecular complexity index is 677. The number of halogens is 1. The Kier molecular flexibility index (Phi) is 5.43. The summed E-state index contributed by atoms with van der Waals surface area (Å²) in [5.41, 5.74) is 2.55. The molecule has 0 aliphatic carbocycles. The first-order chi connectivity index (χ1) is 11.9. The highest BCUT2D eigenvalue weighted by molar-refractivity contribution is 6.82. The quantitative estimate of drug-likeness (QED) is 0.582. The molecule has 0 bridgehead atoms. The first kappa shape index (κ1) is 18.3.